The molecule has 2 nitrogen and oxygen atoms in total. The molecule has 0 spiro atoms. The summed E-state index contributed by atoms with van der Waals surface area (Å²) in [5.41, 5.74) is 4.39. The molecule has 1 saturated heterocycles. The second kappa shape index (κ2) is 4.40. The molecule has 1 N–H and O–H groups in total. The van der Waals surface area contributed by atoms with Gasteiger partial charge in [-0.05, 0) is 63.7 Å². The summed E-state index contributed by atoms with van der Waals surface area (Å²) in [6.45, 7) is 6.84. The van der Waals surface area contributed by atoms with Gasteiger partial charge >= 0.3 is 0 Å². The summed E-state index contributed by atoms with van der Waals surface area (Å²) in [5, 5.41) is 3.43. The van der Waals surface area contributed by atoms with Crippen molar-refractivity contribution >= 4 is 0 Å². The first kappa shape index (κ1) is 10.7. The first-order chi connectivity index (χ1) is 7.18. The Morgan fingerprint density at radius 3 is 2.53 bits per heavy atom. The lowest BCUT2D eigenvalue weighted by molar-refractivity contribution is 0.372. The normalized spacial score (nSPS) is 18.3. The lowest BCUT2D eigenvalue weighted by Crippen LogP contribution is -2.28. The maximum Gasteiger partial charge on any atom is 0.0175 e. The van der Waals surface area contributed by atoms with Crippen LogP contribution in [0.3, 0.4) is 0 Å². The number of nitrogens with one attached hydrogen (secondary N) is 1. The molecule has 15 heavy (non-hydrogen) atoms. The summed E-state index contributed by atoms with van der Waals surface area (Å²) in [6.07, 6.45) is 3.95. The Bertz CT molecular complexity index is 333. The van der Waals surface area contributed by atoms with Crippen molar-refractivity contribution in [3.63, 3.8) is 0 Å². The van der Waals surface area contributed by atoms with E-state index < -0.39 is 0 Å². The van der Waals surface area contributed by atoms with Crippen LogP contribution in [0.1, 0.15) is 29.8 Å². The van der Waals surface area contributed by atoms with E-state index in [0.717, 1.165) is 5.92 Å². The first-order valence-electron chi connectivity index (χ1n) is 6.01. The predicted molar refractivity (Wildman–Crippen MR) is 64.2 cm³/mol. The topological polar surface area (TPSA) is 17.0 Å². The number of aryl methyl sites for hydroxylation is 1. The summed E-state index contributed by atoms with van der Waals surface area (Å²) < 4.78 is 2.30. The van der Waals surface area contributed by atoms with Crippen molar-refractivity contribution in [2.75, 3.05) is 13.1 Å². The van der Waals surface area contributed by atoms with Crippen LogP contribution in [0.5, 0.6) is 0 Å². The van der Waals surface area contributed by atoms with Crippen molar-refractivity contribution in [1.29, 1.82) is 0 Å². The van der Waals surface area contributed by atoms with E-state index in [-0.39, 0.29) is 0 Å². The highest BCUT2D eigenvalue weighted by molar-refractivity contribution is 5.26. The molecule has 0 bridgehead atoms. The molecule has 1 aliphatic rings. The van der Waals surface area contributed by atoms with Crippen molar-refractivity contribution in [3.05, 3.63) is 23.0 Å². The summed E-state index contributed by atoms with van der Waals surface area (Å²) in [7, 11) is 2.16. The Hall–Kier alpha value is -0.760. The summed E-state index contributed by atoms with van der Waals surface area (Å²) in [5.74, 6) is 0.895. The number of aromatic nitrogens is 1. The second-order valence-electron chi connectivity index (χ2n) is 4.85. The monoisotopic (exact) mass is 206 g/mol. The number of hydrogen-bond acceptors (Lipinski definition) is 1. The van der Waals surface area contributed by atoms with Crippen LogP contribution in [0.25, 0.3) is 0 Å². The minimum absolute atomic E-state index is 0.895. The molecule has 0 aliphatic carbocycles. The molecule has 2 heterocycles. The zero-order valence-electron chi connectivity index (χ0n) is 10.1. The standard InChI is InChI=1S/C13H22N2/c1-10-8-13(11(2)15(10)3)9-12-4-6-14-7-5-12/h8,12,14H,4-7,9H2,1-3H3. The molecule has 1 aromatic rings. The predicted octanol–water partition coefficient (Wildman–Crippen LogP) is 2.18. The van der Waals surface area contributed by atoms with E-state index in [4.69, 9.17) is 0 Å². The van der Waals surface area contributed by atoms with E-state index in [1.54, 1.807) is 5.56 Å². The van der Waals surface area contributed by atoms with Crippen molar-refractivity contribution in [2.24, 2.45) is 13.0 Å². The molecule has 0 amide bonds. The third kappa shape index (κ3) is 2.25. The molecule has 0 radical (unpaired) electrons. The molecule has 1 aromatic heterocycles. The van der Waals surface area contributed by atoms with Gasteiger partial charge in [-0.2, -0.15) is 0 Å². The average molecular weight is 206 g/mol. The molecule has 2 rings (SSSR count). The van der Waals surface area contributed by atoms with E-state index >= 15 is 0 Å². The SMILES string of the molecule is Cc1cc(CC2CCNCC2)c(C)n1C. The van der Waals surface area contributed by atoms with Crippen LogP contribution in [0, 0.1) is 19.8 Å². The van der Waals surface area contributed by atoms with Gasteiger partial charge in [-0.1, -0.05) is 0 Å². The van der Waals surface area contributed by atoms with Crippen molar-refractivity contribution < 1.29 is 0 Å². The molecule has 0 atom stereocenters. The molecular weight excluding hydrogens is 184 g/mol. The van der Waals surface area contributed by atoms with Gasteiger partial charge < -0.3 is 9.88 Å². The molecular formula is C13H22N2. The zero-order chi connectivity index (χ0) is 10.8. The van der Waals surface area contributed by atoms with Crippen LogP contribution < -0.4 is 5.32 Å². The lowest BCUT2D eigenvalue weighted by Gasteiger charge is -2.22. The van der Waals surface area contributed by atoms with Gasteiger partial charge in [0.05, 0.1) is 0 Å². The Morgan fingerprint density at radius 2 is 2.00 bits per heavy atom. The van der Waals surface area contributed by atoms with Crippen LogP contribution in [-0.4, -0.2) is 17.7 Å². The number of hydrogen-bond donors (Lipinski definition) is 1. The Kier molecular flexibility index (Phi) is 3.15. The zero-order valence-corrected chi connectivity index (χ0v) is 10.1. The Labute approximate surface area is 92.7 Å². The molecule has 0 saturated carbocycles. The summed E-state index contributed by atoms with van der Waals surface area (Å²) in [6, 6.07) is 2.36. The molecule has 84 valence electrons. The fourth-order valence-corrected chi connectivity index (χ4v) is 2.54. The number of rotatable bonds is 2. The Balaban J connectivity index is 2.06. The van der Waals surface area contributed by atoms with Crippen LogP contribution >= 0.6 is 0 Å². The van der Waals surface area contributed by atoms with E-state index in [1.807, 2.05) is 0 Å². The fourth-order valence-electron chi connectivity index (χ4n) is 2.54. The van der Waals surface area contributed by atoms with Crippen molar-refractivity contribution in [3.8, 4) is 0 Å². The minimum atomic E-state index is 0.895. The third-order valence-corrected chi connectivity index (χ3v) is 3.85. The maximum atomic E-state index is 3.43. The van der Waals surface area contributed by atoms with Gasteiger partial charge in [-0.3, -0.25) is 0 Å². The average Bonchev–Trinajstić information content (AvgIpc) is 2.48. The van der Waals surface area contributed by atoms with Gasteiger partial charge in [0.15, 0.2) is 0 Å². The number of piperidine rings is 1. The summed E-state index contributed by atoms with van der Waals surface area (Å²) >= 11 is 0. The van der Waals surface area contributed by atoms with E-state index in [9.17, 15) is 0 Å². The minimum Gasteiger partial charge on any atom is -0.352 e. The van der Waals surface area contributed by atoms with Gasteiger partial charge in [0.2, 0.25) is 0 Å². The van der Waals surface area contributed by atoms with Crippen LogP contribution in [0.4, 0.5) is 0 Å². The molecule has 0 aromatic carbocycles. The second-order valence-corrected chi connectivity index (χ2v) is 4.85. The van der Waals surface area contributed by atoms with Crippen molar-refractivity contribution in [2.45, 2.75) is 33.1 Å². The fraction of sp³-hybridized carbons (Fsp3) is 0.692. The largest absolute Gasteiger partial charge is 0.352 e. The van der Waals surface area contributed by atoms with Crippen LogP contribution in [-0.2, 0) is 13.5 Å². The highest BCUT2D eigenvalue weighted by atomic mass is 14.9. The lowest BCUT2D eigenvalue weighted by atomic mass is 9.91. The summed E-state index contributed by atoms with van der Waals surface area (Å²) in [4.78, 5) is 0. The van der Waals surface area contributed by atoms with E-state index in [2.05, 4.69) is 36.8 Å². The molecule has 0 unspecified atom stereocenters. The highest BCUT2D eigenvalue weighted by Gasteiger charge is 2.16. The van der Waals surface area contributed by atoms with E-state index in [1.165, 1.54) is 43.7 Å². The molecule has 2 heteroatoms. The third-order valence-electron chi connectivity index (χ3n) is 3.85. The Morgan fingerprint density at radius 1 is 1.33 bits per heavy atom. The van der Waals surface area contributed by atoms with E-state index in [0.29, 0.717) is 0 Å². The van der Waals surface area contributed by atoms with Gasteiger partial charge in [-0.15, -0.1) is 0 Å². The quantitative estimate of drug-likeness (QED) is 0.785. The van der Waals surface area contributed by atoms with Gasteiger partial charge in [-0.25, -0.2) is 0 Å². The highest BCUT2D eigenvalue weighted by Crippen LogP contribution is 2.22. The van der Waals surface area contributed by atoms with Crippen LogP contribution in [0.2, 0.25) is 0 Å². The van der Waals surface area contributed by atoms with Gasteiger partial charge in [0.25, 0.3) is 0 Å². The number of nitrogens with zero attached hydrogens (tertiary/aromatic N) is 1. The van der Waals surface area contributed by atoms with Gasteiger partial charge in [0, 0.05) is 18.4 Å². The first-order valence-corrected chi connectivity index (χ1v) is 6.01. The molecule has 1 fully saturated rings. The smallest absolute Gasteiger partial charge is 0.0175 e. The van der Waals surface area contributed by atoms with Crippen LogP contribution in [0.15, 0.2) is 6.07 Å². The van der Waals surface area contributed by atoms with Gasteiger partial charge in [0.1, 0.15) is 0 Å². The molecule has 1 aliphatic heterocycles. The van der Waals surface area contributed by atoms with Crippen molar-refractivity contribution in [1.82, 2.24) is 9.88 Å². The maximum absolute atomic E-state index is 3.43.